The van der Waals surface area contributed by atoms with Crippen molar-refractivity contribution in [1.29, 1.82) is 0 Å². The maximum Gasteiger partial charge on any atom is 0.344 e. The lowest BCUT2D eigenvalue weighted by molar-refractivity contribution is -0.145. The van der Waals surface area contributed by atoms with Crippen molar-refractivity contribution >= 4 is 16.9 Å². The number of nitrogens with one attached hydrogen (secondary N) is 2. The molecule has 2 aromatic heterocycles. The first-order chi connectivity index (χ1) is 14.0. The van der Waals surface area contributed by atoms with Crippen LogP contribution in [-0.4, -0.2) is 44.8 Å². The van der Waals surface area contributed by atoms with Crippen LogP contribution in [0, 0.1) is 0 Å². The molecular formula is C22H27N3O4. The van der Waals surface area contributed by atoms with E-state index in [1.54, 1.807) is 31.5 Å². The molecule has 7 nitrogen and oxygen atoms in total. The van der Waals surface area contributed by atoms with Crippen LogP contribution in [0.2, 0.25) is 0 Å². The Labute approximate surface area is 169 Å². The minimum absolute atomic E-state index is 0.132. The van der Waals surface area contributed by atoms with Gasteiger partial charge in [0.2, 0.25) is 0 Å². The number of nitrogens with zero attached hydrogens (tertiary/aromatic N) is 1. The highest BCUT2D eigenvalue weighted by atomic mass is 16.5. The van der Waals surface area contributed by atoms with Gasteiger partial charge in [-0.05, 0) is 37.5 Å². The van der Waals surface area contributed by atoms with E-state index < -0.39 is 18.2 Å². The van der Waals surface area contributed by atoms with Gasteiger partial charge in [0.25, 0.3) is 0 Å². The number of pyridine rings is 1. The molecule has 1 unspecified atom stereocenters. The predicted molar refractivity (Wildman–Crippen MR) is 111 cm³/mol. The van der Waals surface area contributed by atoms with Gasteiger partial charge in [-0.25, -0.2) is 4.79 Å². The van der Waals surface area contributed by atoms with Gasteiger partial charge in [-0.3, -0.25) is 4.98 Å². The summed E-state index contributed by atoms with van der Waals surface area (Å²) in [5.74, 6) is -0.433. The smallest absolute Gasteiger partial charge is 0.344 e. The number of aromatic nitrogens is 2. The Hall–Kier alpha value is -2.90. The number of carboxylic acids is 1. The van der Waals surface area contributed by atoms with Crippen molar-refractivity contribution < 1.29 is 19.7 Å². The summed E-state index contributed by atoms with van der Waals surface area (Å²) >= 11 is 0. The average molecular weight is 397 g/mol. The van der Waals surface area contributed by atoms with E-state index in [1.165, 1.54) is 0 Å². The van der Waals surface area contributed by atoms with E-state index in [1.807, 2.05) is 24.4 Å². The zero-order valence-corrected chi connectivity index (χ0v) is 16.6. The molecule has 0 aliphatic carbocycles. The summed E-state index contributed by atoms with van der Waals surface area (Å²) in [4.78, 5) is 18.5. The van der Waals surface area contributed by atoms with Crippen molar-refractivity contribution in [2.75, 3.05) is 6.54 Å². The molecule has 3 atom stereocenters. The van der Waals surface area contributed by atoms with E-state index in [-0.39, 0.29) is 6.04 Å². The number of fused-ring (bicyclic) bond motifs is 1. The topological polar surface area (TPSA) is 107 Å². The Morgan fingerprint density at radius 3 is 2.83 bits per heavy atom. The fraction of sp³-hybridized carbons (Fsp3) is 0.364. The molecule has 0 fully saturated rings. The van der Waals surface area contributed by atoms with Crippen molar-refractivity contribution in [2.24, 2.45) is 0 Å². The van der Waals surface area contributed by atoms with E-state index in [4.69, 9.17) is 4.74 Å². The van der Waals surface area contributed by atoms with E-state index in [0.717, 1.165) is 28.5 Å². The van der Waals surface area contributed by atoms with Crippen molar-refractivity contribution in [3.05, 3.63) is 60.0 Å². The number of rotatable bonds is 10. The first-order valence-electron chi connectivity index (χ1n) is 9.79. The minimum Gasteiger partial charge on any atom is -0.479 e. The van der Waals surface area contributed by atoms with Crippen molar-refractivity contribution in [3.63, 3.8) is 0 Å². The number of aliphatic carboxylic acids is 1. The van der Waals surface area contributed by atoms with Crippen LogP contribution < -0.4 is 10.1 Å². The predicted octanol–water partition coefficient (Wildman–Crippen LogP) is 3.06. The van der Waals surface area contributed by atoms with E-state index >= 15 is 0 Å². The summed E-state index contributed by atoms with van der Waals surface area (Å²) in [6, 6.07) is 9.43. The molecule has 29 heavy (non-hydrogen) atoms. The molecule has 3 aromatic rings. The molecule has 2 heterocycles. The fourth-order valence-corrected chi connectivity index (χ4v) is 3.32. The van der Waals surface area contributed by atoms with Crippen LogP contribution in [-0.2, 0) is 11.2 Å². The molecule has 0 amide bonds. The van der Waals surface area contributed by atoms with Crippen LogP contribution in [0.15, 0.2) is 48.9 Å². The molecule has 1 aromatic carbocycles. The SMILES string of the molecule is CCC(Oc1cccc2c(C[C@@H](C)NC[C@H](O)c3cccnc3)c[nH]c12)C(=O)O. The molecule has 0 aliphatic heterocycles. The van der Waals surface area contributed by atoms with Gasteiger partial charge in [0.1, 0.15) is 5.75 Å². The second-order valence-corrected chi connectivity index (χ2v) is 7.16. The number of H-pyrrole nitrogens is 1. The Morgan fingerprint density at radius 2 is 2.14 bits per heavy atom. The Balaban J connectivity index is 1.66. The van der Waals surface area contributed by atoms with E-state index in [2.05, 4.69) is 22.2 Å². The zero-order valence-electron chi connectivity index (χ0n) is 16.6. The van der Waals surface area contributed by atoms with Gasteiger partial charge < -0.3 is 25.3 Å². The highest BCUT2D eigenvalue weighted by molar-refractivity contribution is 5.88. The van der Waals surface area contributed by atoms with Crippen LogP contribution in [0.5, 0.6) is 5.75 Å². The second-order valence-electron chi connectivity index (χ2n) is 7.16. The van der Waals surface area contributed by atoms with Crippen LogP contribution >= 0.6 is 0 Å². The third-order valence-electron chi connectivity index (χ3n) is 4.93. The Morgan fingerprint density at radius 1 is 1.31 bits per heavy atom. The van der Waals surface area contributed by atoms with Gasteiger partial charge in [0.05, 0.1) is 11.6 Å². The van der Waals surface area contributed by atoms with E-state index in [0.29, 0.717) is 18.7 Å². The molecule has 3 rings (SSSR count). The lowest BCUT2D eigenvalue weighted by Gasteiger charge is -2.17. The molecule has 154 valence electrons. The third kappa shape index (κ3) is 5.13. The van der Waals surface area contributed by atoms with Crippen molar-refractivity contribution in [2.45, 2.75) is 44.9 Å². The molecule has 4 N–H and O–H groups in total. The van der Waals surface area contributed by atoms with Gasteiger partial charge >= 0.3 is 5.97 Å². The average Bonchev–Trinajstić information content (AvgIpc) is 3.14. The maximum atomic E-state index is 11.3. The number of aliphatic hydroxyl groups excluding tert-OH is 1. The fourth-order valence-electron chi connectivity index (χ4n) is 3.32. The zero-order chi connectivity index (χ0) is 20.8. The number of carboxylic acid groups (broad SMARTS) is 1. The van der Waals surface area contributed by atoms with Gasteiger partial charge in [-0.2, -0.15) is 0 Å². The summed E-state index contributed by atoms with van der Waals surface area (Å²) in [6.45, 7) is 4.28. The highest BCUT2D eigenvalue weighted by Crippen LogP contribution is 2.29. The van der Waals surface area contributed by atoms with Crippen LogP contribution in [0.1, 0.15) is 37.5 Å². The van der Waals surface area contributed by atoms with Crippen LogP contribution in [0.25, 0.3) is 10.9 Å². The summed E-state index contributed by atoms with van der Waals surface area (Å²) in [5.41, 5.74) is 2.68. The number of benzene rings is 1. The molecule has 0 spiro atoms. The summed E-state index contributed by atoms with van der Waals surface area (Å²) < 4.78 is 5.70. The first kappa shape index (κ1) is 20.8. The summed E-state index contributed by atoms with van der Waals surface area (Å²) in [7, 11) is 0. The number of aromatic amines is 1. The number of hydrogen-bond acceptors (Lipinski definition) is 5. The molecule has 0 saturated heterocycles. The monoisotopic (exact) mass is 397 g/mol. The largest absolute Gasteiger partial charge is 0.479 e. The van der Waals surface area contributed by atoms with Gasteiger partial charge in [-0.15, -0.1) is 0 Å². The number of aliphatic hydroxyl groups is 1. The Kier molecular flexibility index (Phi) is 6.85. The molecule has 0 saturated carbocycles. The first-order valence-corrected chi connectivity index (χ1v) is 9.79. The molecule has 7 heteroatoms. The quantitative estimate of drug-likeness (QED) is 0.419. The summed E-state index contributed by atoms with van der Waals surface area (Å²) in [6.07, 6.45) is 4.92. The van der Waals surface area contributed by atoms with Crippen LogP contribution in [0.4, 0.5) is 0 Å². The van der Waals surface area contributed by atoms with Gasteiger partial charge in [0.15, 0.2) is 6.10 Å². The number of carbonyl (C=O) groups is 1. The second kappa shape index (κ2) is 9.54. The third-order valence-corrected chi connectivity index (χ3v) is 4.93. The normalized spacial score (nSPS) is 14.4. The summed E-state index contributed by atoms with van der Waals surface area (Å²) in [5, 5.41) is 23.9. The maximum absolute atomic E-state index is 11.3. The highest BCUT2D eigenvalue weighted by Gasteiger charge is 2.19. The van der Waals surface area contributed by atoms with Gasteiger partial charge in [0, 0.05) is 42.1 Å². The van der Waals surface area contributed by atoms with Crippen molar-refractivity contribution in [1.82, 2.24) is 15.3 Å². The number of para-hydroxylation sites is 1. The lowest BCUT2D eigenvalue weighted by Crippen LogP contribution is -2.32. The molecular weight excluding hydrogens is 370 g/mol. The van der Waals surface area contributed by atoms with Gasteiger partial charge in [-0.1, -0.05) is 25.1 Å². The van der Waals surface area contributed by atoms with Crippen molar-refractivity contribution in [3.8, 4) is 5.75 Å². The van der Waals surface area contributed by atoms with Crippen LogP contribution in [0.3, 0.4) is 0 Å². The molecule has 0 bridgehead atoms. The Bertz CT molecular complexity index is 942. The number of hydrogen-bond donors (Lipinski definition) is 4. The minimum atomic E-state index is -0.971. The molecule has 0 radical (unpaired) electrons. The molecule has 0 aliphatic rings. The standard InChI is InChI=1S/C22H27N3O4/c1-3-19(22(27)28)29-20-8-4-7-17-16(12-25-21(17)20)10-14(2)24-13-18(26)15-6-5-9-23-11-15/h4-9,11-12,14,18-19,24-26H,3,10,13H2,1-2H3,(H,27,28)/t14-,18+,19?/m1/s1. The lowest BCUT2D eigenvalue weighted by atomic mass is 10.1. The van der Waals surface area contributed by atoms with E-state index in [9.17, 15) is 15.0 Å². The number of ether oxygens (including phenoxy) is 1.